The van der Waals surface area contributed by atoms with E-state index in [1.54, 1.807) is 13.3 Å². The Balaban J connectivity index is 1.38. The van der Waals surface area contributed by atoms with E-state index in [2.05, 4.69) is 4.98 Å². The average Bonchev–Trinajstić information content (AvgIpc) is 3.23. The van der Waals surface area contributed by atoms with E-state index in [0.29, 0.717) is 39.0 Å². The zero-order valence-corrected chi connectivity index (χ0v) is 22.2. The Morgan fingerprint density at radius 1 is 1.08 bits per heavy atom. The van der Waals surface area contributed by atoms with E-state index in [1.165, 1.54) is 18.2 Å². The van der Waals surface area contributed by atoms with Crippen LogP contribution in [-0.4, -0.2) is 34.1 Å². The lowest BCUT2D eigenvalue weighted by Crippen LogP contribution is -2.40. The molecule has 0 N–H and O–H groups in total. The number of aliphatic imine (C=N–C) groups is 1. The van der Waals surface area contributed by atoms with Gasteiger partial charge in [0.25, 0.3) is 5.91 Å². The lowest BCUT2D eigenvalue weighted by molar-refractivity contribution is -0.124. The molecule has 1 amide bonds. The normalized spacial score (nSPS) is 18.5. The molecule has 3 aromatic rings. The third-order valence-corrected chi connectivity index (χ3v) is 7.66. The number of rotatable bonds is 7. The van der Waals surface area contributed by atoms with Gasteiger partial charge in [0, 0.05) is 17.3 Å². The molecule has 8 heteroatoms. The van der Waals surface area contributed by atoms with Crippen LogP contribution in [0, 0.1) is 0 Å². The van der Waals surface area contributed by atoms with Crippen molar-refractivity contribution in [1.82, 2.24) is 9.88 Å². The fourth-order valence-corrected chi connectivity index (χ4v) is 5.70. The lowest BCUT2D eigenvalue weighted by Gasteiger charge is -2.30. The number of hydrogen-bond donors (Lipinski definition) is 0. The minimum atomic E-state index is -0.00591. The Bertz CT molecular complexity index is 1310. The quantitative estimate of drug-likeness (QED) is 0.299. The number of amides is 1. The summed E-state index contributed by atoms with van der Waals surface area (Å²) in [6, 6.07) is 19.0. The molecular formula is C29H28ClN3O3S. The molecule has 2 fully saturated rings. The van der Waals surface area contributed by atoms with Gasteiger partial charge in [-0.15, -0.1) is 0 Å². The molecule has 37 heavy (non-hydrogen) atoms. The second-order valence-electron chi connectivity index (χ2n) is 8.99. The molecule has 1 aliphatic heterocycles. The highest BCUT2D eigenvalue weighted by Crippen LogP contribution is 2.39. The molecule has 2 aliphatic rings. The van der Waals surface area contributed by atoms with E-state index in [9.17, 15) is 4.79 Å². The van der Waals surface area contributed by atoms with E-state index in [0.717, 1.165) is 36.8 Å². The van der Waals surface area contributed by atoms with E-state index >= 15 is 0 Å². The third-order valence-electron chi connectivity index (χ3n) is 6.43. The summed E-state index contributed by atoms with van der Waals surface area (Å²) in [6.45, 7) is 0.395. The second-order valence-corrected chi connectivity index (χ2v) is 10.4. The van der Waals surface area contributed by atoms with Gasteiger partial charge in [-0.05, 0) is 78.2 Å². The second kappa shape index (κ2) is 11.8. The number of thioether (sulfide) groups is 1. The number of methoxy groups -OCH3 is 1. The first-order valence-electron chi connectivity index (χ1n) is 12.4. The summed E-state index contributed by atoms with van der Waals surface area (Å²) in [5.41, 5.74) is 1.86. The molecule has 6 nitrogen and oxygen atoms in total. The fraction of sp³-hybridized carbons (Fsp3) is 0.276. The molecule has 1 saturated carbocycles. The maximum atomic E-state index is 13.6. The van der Waals surface area contributed by atoms with Crippen LogP contribution in [0.5, 0.6) is 11.5 Å². The zero-order chi connectivity index (χ0) is 25.6. The molecule has 2 aromatic carbocycles. The van der Waals surface area contributed by atoms with Gasteiger partial charge in [0.2, 0.25) is 0 Å². The summed E-state index contributed by atoms with van der Waals surface area (Å²) in [4.78, 5) is 25.2. The molecule has 190 valence electrons. The van der Waals surface area contributed by atoms with E-state index < -0.39 is 0 Å². The number of nitrogens with zero attached hydrogens (tertiary/aromatic N) is 3. The van der Waals surface area contributed by atoms with Crippen LogP contribution in [0.25, 0.3) is 6.08 Å². The maximum absolute atomic E-state index is 13.6. The minimum absolute atomic E-state index is 0.00591. The smallest absolute Gasteiger partial charge is 0.267 e. The summed E-state index contributed by atoms with van der Waals surface area (Å²) in [5.74, 6) is 1.83. The van der Waals surface area contributed by atoms with Gasteiger partial charge >= 0.3 is 0 Å². The molecular weight excluding hydrogens is 506 g/mol. The molecule has 5 rings (SSSR count). The van der Waals surface area contributed by atoms with Crippen LogP contribution in [0.15, 0.2) is 76.8 Å². The Labute approximate surface area is 226 Å². The van der Waals surface area contributed by atoms with Crippen LogP contribution in [0.1, 0.15) is 43.2 Å². The molecule has 1 saturated heterocycles. The average molecular weight is 534 g/mol. The van der Waals surface area contributed by atoms with Crippen LogP contribution >= 0.6 is 23.4 Å². The highest BCUT2D eigenvalue weighted by Gasteiger charge is 2.38. The Hall–Kier alpha value is -3.29. The van der Waals surface area contributed by atoms with Gasteiger partial charge < -0.3 is 9.47 Å². The van der Waals surface area contributed by atoms with Crippen molar-refractivity contribution in [3.8, 4) is 11.5 Å². The number of hydrogen-bond acceptors (Lipinski definition) is 6. The number of ether oxygens (including phenoxy) is 2. The number of amidine groups is 1. The number of carbonyl (C=O) groups excluding carboxylic acids is 1. The number of aromatic nitrogens is 1. The van der Waals surface area contributed by atoms with Crippen molar-refractivity contribution in [2.45, 2.75) is 44.8 Å². The van der Waals surface area contributed by atoms with Gasteiger partial charge in [-0.3, -0.25) is 9.69 Å². The molecule has 0 radical (unpaired) electrons. The minimum Gasteiger partial charge on any atom is -0.493 e. The first kappa shape index (κ1) is 25.4. The predicted octanol–water partition coefficient (Wildman–Crippen LogP) is 7.26. The summed E-state index contributed by atoms with van der Waals surface area (Å²) >= 11 is 7.37. The van der Waals surface area contributed by atoms with Crippen molar-refractivity contribution in [2.75, 3.05) is 7.11 Å². The van der Waals surface area contributed by atoms with Crippen molar-refractivity contribution < 1.29 is 14.3 Å². The van der Waals surface area contributed by atoms with Crippen LogP contribution in [0.4, 0.5) is 5.82 Å². The van der Waals surface area contributed by atoms with E-state index in [-0.39, 0.29) is 11.9 Å². The first-order valence-corrected chi connectivity index (χ1v) is 13.6. The van der Waals surface area contributed by atoms with E-state index in [4.69, 9.17) is 26.1 Å². The van der Waals surface area contributed by atoms with E-state index in [1.807, 2.05) is 71.6 Å². The SMILES string of the molecule is COc1cc(/C=C2\S/C(=N/c3ccccn3)N(C3CCCCC3)C2=O)ccc1OCc1ccc(Cl)cc1. The summed E-state index contributed by atoms with van der Waals surface area (Å²) < 4.78 is 11.6. The van der Waals surface area contributed by atoms with Gasteiger partial charge in [-0.1, -0.05) is 55.1 Å². The topological polar surface area (TPSA) is 64.0 Å². The predicted molar refractivity (Wildman–Crippen MR) is 149 cm³/mol. The molecule has 1 aromatic heterocycles. The number of benzene rings is 2. The lowest BCUT2D eigenvalue weighted by atomic mass is 9.94. The Morgan fingerprint density at radius 3 is 2.62 bits per heavy atom. The van der Waals surface area contributed by atoms with Gasteiger partial charge in [-0.25, -0.2) is 9.98 Å². The highest BCUT2D eigenvalue weighted by molar-refractivity contribution is 8.18. The Kier molecular flexibility index (Phi) is 8.12. The molecule has 0 spiro atoms. The molecule has 0 bridgehead atoms. The first-order chi connectivity index (χ1) is 18.1. The van der Waals surface area contributed by atoms with Crippen molar-refractivity contribution in [3.63, 3.8) is 0 Å². The highest BCUT2D eigenvalue weighted by atomic mass is 35.5. The summed E-state index contributed by atoms with van der Waals surface area (Å²) in [5, 5.41) is 1.38. The van der Waals surface area contributed by atoms with Crippen molar-refractivity contribution >= 4 is 46.3 Å². The Morgan fingerprint density at radius 2 is 1.89 bits per heavy atom. The maximum Gasteiger partial charge on any atom is 0.267 e. The summed E-state index contributed by atoms with van der Waals surface area (Å²) in [7, 11) is 1.61. The van der Waals surface area contributed by atoms with Gasteiger partial charge in [0.1, 0.15) is 6.61 Å². The number of halogens is 1. The largest absolute Gasteiger partial charge is 0.493 e. The molecule has 0 unspecified atom stereocenters. The monoisotopic (exact) mass is 533 g/mol. The van der Waals surface area contributed by atoms with Crippen molar-refractivity contribution in [3.05, 3.63) is 87.9 Å². The van der Waals surface area contributed by atoms with Crippen LogP contribution < -0.4 is 9.47 Å². The number of pyridine rings is 1. The third kappa shape index (κ3) is 6.17. The number of carbonyl (C=O) groups is 1. The molecule has 0 atom stereocenters. The van der Waals surface area contributed by atoms with Gasteiger partial charge in [0.15, 0.2) is 22.5 Å². The fourth-order valence-electron chi connectivity index (χ4n) is 4.53. The molecule has 1 aliphatic carbocycles. The molecule has 2 heterocycles. The van der Waals surface area contributed by atoms with Crippen molar-refractivity contribution in [2.24, 2.45) is 4.99 Å². The van der Waals surface area contributed by atoms with Crippen LogP contribution in [0.2, 0.25) is 5.02 Å². The summed E-state index contributed by atoms with van der Waals surface area (Å²) in [6.07, 6.45) is 9.07. The van der Waals surface area contributed by atoms with Gasteiger partial charge in [0.05, 0.1) is 12.0 Å². The van der Waals surface area contributed by atoms with Crippen molar-refractivity contribution in [1.29, 1.82) is 0 Å². The van der Waals surface area contributed by atoms with Crippen LogP contribution in [-0.2, 0) is 11.4 Å². The zero-order valence-electron chi connectivity index (χ0n) is 20.6. The standard InChI is InChI=1S/C29H28ClN3O3S/c1-35-25-17-21(12-15-24(25)36-19-20-10-13-22(30)14-11-20)18-26-28(34)33(23-7-3-2-4-8-23)29(37-26)32-27-9-5-6-16-31-27/h5-6,9-18,23H,2-4,7-8,19H2,1H3/b26-18-,32-29+. The van der Waals surface area contributed by atoms with Crippen LogP contribution in [0.3, 0.4) is 0 Å². The van der Waals surface area contributed by atoms with Gasteiger partial charge in [-0.2, -0.15) is 0 Å².